The van der Waals surface area contributed by atoms with Crippen LogP contribution in [0.5, 0.6) is 0 Å². The summed E-state index contributed by atoms with van der Waals surface area (Å²) in [5, 5.41) is 4.38. The monoisotopic (exact) mass is 282 g/mol. The molecule has 0 bridgehead atoms. The van der Waals surface area contributed by atoms with E-state index in [9.17, 15) is 4.79 Å². The van der Waals surface area contributed by atoms with Crippen LogP contribution < -0.4 is 10.9 Å². The molecular formula is C18H22N2O. The standard InChI is InChI=1S/C18H22N2O/c1-4-6-7-8-9-14-15-10-13-18(21)20(3)17(15)12-11-16(14)19-5-2/h10-13,19H,4-7H2,1-3H3. The molecule has 0 spiro atoms. The minimum absolute atomic E-state index is 0.00333. The van der Waals surface area contributed by atoms with E-state index in [-0.39, 0.29) is 5.56 Å². The molecular weight excluding hydrogens is 260 g/mol. The lowest BCUT2D eigenvalue weighted by atomic mass is 10.1. The highest BCUT2D eigenvalue weighted by molar-refractivity contribution is 5.91. The molecule has 1 aromatic heterocycles. The molecule has 2 aromatic rings. The smallest absolute Gasteiger partial charge is 0.250 e. The second-order valence-corrected chi connectivity index (χ2v) is 5.09. The van der Waals surface area contributed by atoms with E-state index in [2.05, 4.69) is 31.0 Å². The Labute approximate surface area is 126 Å². The summed E-state index contributed by atoms with van der Waals surface area (Å²) in [7, 11) is 1.80. The molecule has 0 aliphatic rings. The largest absolute Gasteiger partial charge is 0.384 e. The molecule has 0 fully saturated rings. The van der Waals surface area contributed by atoms with Crippen molar-refractivity contribution in [3.8, 4) is 11.8 Å². The van der Waals surface area contributed by atoms with Crippen LogP contribution in [0.1, 0.15) is 38.7 Å². The molecule has 0 aliphatic carbocycles. The lowest BCUT2D eigenvalue weighted by Gasteiger charge is -2.11. The van der Waals surface area contributed by atoms with Gasteiger partial charge in [-0.15, -0.1) is 0 Å². The van der Waals surface area contributed by atoms with Crippen LogP contribution in [0.3, 0.4) is 0 Å². The van der Waals surface area contributed by atoms with Gasteiger partial charge in [-0.05, 0) is 31.5 Å². The number of pyridine rings is 1. The number of hydrogen-bond acceptors (Lipinski definition) is 2. The van der Waals surface area contributed by atoms with E-state index < -0.39 is 0 Å². The molecule has 0 aliphatic heterocycles. The third-order valence-corrected chi connectivity index (χ3v) is 3.54. The maximum Gasteiger partial charge on any atom is 0.250 e. The number of aryl methyl sites for hydroxylation is 1. The van der Waals surface area contributed by atoms with Gasteiger partial charge in [-0.25, -0.2) is 0 Å². The van der Waals surface area contributed by atoms with Crippen LogP contribution in [0.4, 0.5) is 5.69 Å². The van der Waals surface area contributed by atoms with Crippen molar-refractivity contribution in [2.75, 3.05) is 11.9 Å². The molecule has 2 rings (SSSR count). The number of hydrogen-bond donors (Lipinski definition) is 1. The molecule has 3 heteroatoms. The Bertz CT molecular complexity index is 747. The van der Waals surface area contributed by atoms with E-state index >= 15 is 0 Å². The van der Waals surface area contributed by atoms with Crippen molar-refractivity contribution in [1.82, 2.24) is 4.57 Å². The quantitative estimate of drug-likeness (QED) is 0.688. The molecule has 1 heterocycles. The Morgan fingerprint density at radius 1 is 1.19 bits per heavy atom. The second-order valence-electron chi connectivity index (χ2n) is 5.09. The van der Waals surface area contributed by atoms with E-state index in [0.29, 0.717) is 0 Å². The highest BCUT2D eigenvalue weighted by Gasteiger charge is 2.07. The van der Waals surface area contributed by atoms with Crippen LogP contribution in [-0.4, -0.2) is 11.1 Å². The van der Waals surface area contributed by atoms with Crippen LogP contribution in [0.25, 0.3) is 10.9 Å². The van der Waals surface area contributed by atoms with Gasteiger partial charge in [-0.3, -0.25) is 4.79 Å². The maximum absolute atomic E-state index is 11.8. The highest BCUT2D eigenvalue weighted by Crippen LogP contribution is 2.24. The summed E-state index contributed by atoms with van der Waals surface area (Å²) in [4.78, 5) is 11.8. The van der Waals surface area contributed by atoms with Crippen molar-refractivity contribution in [2.45, 2.75) is 33.1 Å². The van der Waals surface area contributed by atoms with Gasteiger partial charge in [0.2, 0.25) is 0 Å². The van der Waals surface area contributed by atoms with Gasteiger partial charge < -0.3 is 9.88 Å². The predicted molar refractivity (Wildman–Crippen MR) is 89.8 cm³/mol. The Kier molecular flexibility index (Phi) is 5.05. The third kappa shape index (κ3) is 3.28. The number of nitrogens with zero attached hydrogens (tertiary/aromatic N) is 1. The zero-order valence-electron chi connectivity index (χ0n) is 13.0. The molecule has 3 nitrogen and oxygen atoms in total. The fourth-order valence-electron chi connectivity index (χ4n) is 2.34. The lowest BCUT2D eigenvalue weighted by molar-refractivity contribution is 0.828. The van der Waals surface area contributed by atoms with Crippen molar-refractivity contribution < 1.29 is 0 Å². The van der Waals surface area contributed by atoms with Crippen LogP contribution >= 0.6 is 0 Å². The maximum atomic E-state index is 11.8. The van der Waals surface area contributed by atoms with Gasteiger partial charge >= 0.3 is 0 Å². The number of rotatable bonds is 4. The summed E-state index contributed by atoms with van der Waals surface area (Å²) in [6, 6.07) is 7.47. The number of aromatic nitrogens is 1. The summed E-state index contributed by atoms with van der Waals surface area (Å²) in [6.45, 7) is 5.08. The van der Waals surface area contributed by atoms with E-state index in [0.717, 1.165) is 48.0 Å². The Morgan fingerprint density at radius 3 is 2.71 bits per heavy atom. The van der Waals surface area contributed by atoms with Gasteiger partial charge in [0.1, 0.15) is 0 Å². The van der Waals surface area contributed by atoms with E-state index in [1.54, 1.807) is 17.7 Å². The van der Waals surface area contributed by atoms with Crippen molar-refractivity contribution in [3.05, 3.63) is 40.2 Å². The number of nitrogens with one attached hydrogen (secondary N) is 1. The first kappa shape index (κ1) is 15.2. The van der Waals surface area contributed by atoms with Crippen molar-refractivity contribution in [3.63, 3.8) is 0 Å². The van der Waals surface area contributed by atoms with Crippen molar-refractivity contribution in [2.24, 2.45) is 7.05 Å². The third-order valence-electron chi connectivity index (χ3n) is 3.54. The van der Waals surface area contributed by atoms with Gasteiger partial charge in [-0.1, -0.05) is 25.2 Å². The summed E-state index contributed by atoms with van der Waals surface area (Å²) in [5.41, 5.74) is 2.95. The SMILES string of the molecule is CCCCC#Cc1c(NCC)ccc2c1ccc(=O)n2C. The fourth-order valence-corrected chi connectivity index (χ4v) is 2.34. The van der Waals surface area contributed by atoms with Gasteiger partial charge in [0.25, 0.3) is 5.56 Å². The first-order valence-corrected chi connectivity index (χ1v) is 7.54. The van der Waals surface area contributed by atoms with Crippen LogP contribution in [0, 0.1) is 11.8 Å². The fraction of sp³-hybridized carbons (Fsp3) is 0.389. The van der Waals surface area contributed by atoms with Crippen LogP contribution in [0.15, 0.2) is 29.1 Å². The number of anilines is 1. The first-order chi connectivity index (χ1) is 10.2. The summed E-state index contributed by atoms with van der Waals surface area (Å²) < 4.78 is 1.67. The molecule has 0 saturated heterocycles. The minimum Gasteiger partial charge on any atom is -0.384 e. The molecule has 1 N–H and O–H groups in total. The Hall–Kier alpha value is -2.21. The lowest BCUT2D eigenvalue weighted by Crippen LogP contribution is -2.15. The van der Waals surface area contributed by atoms with Crippen molar-refractivity contribution >= 4 is 16.6 Å². The average Bonchev–Trinajstić information content (AvgIpc) is 2.49. The molecule has 110 valence electrons. The molecule has 21 heavy (non-hydrogen) atoms. The molecule has 1 aromatic carbocycles. The van der Waals surface area contributed by atoms with E-state index in [1.165, 1.54) is 0 Å². The molecule has 0 saturated carbocycles. The number of benzene rings is 1. The normalized spacial score (nSPS) is 10.2. The summed E-state index contributed by atoms with van der Waals surface area (Å²) in [6.07, 6.45) is 3.18. The first-order valence-electron chi connectivity index (χ1n) is 7.54. The van der Waals surface area contributed by atoms with Gasteiger partial charge in [0.15, 0.2) is 0 Å². The topological polar surface area (TPSA) is 34.0 Å². The van der Waals surface area contributed by atoms with Gasteiger partial charge in [0.05, 0.1) is 16.8 Å². The van der Waals surface area contributed by atoms with Crippen LogP contribution in [-0.2, 0) is 7.05 Å². The zero-order valence-corrected chi connectivity index (χ0v) is 13.0. The second kappa shape index (κ2) is 6.99. The van der Waals surface area contributed by atoms with E-state index in [1.807, 2.05) is 18.2 Å². The zero-order chi connectivity index (χ0) is 15.2. The van der Waals surface area contributed by atoms with Gasteiger partial charge in [0, 0.05) is 31.5 Å². The summed E-state index contributed by atoms with van der Waals surface area (Å²) >= 11 is 0. The predicted octanol–water partition coefficient (Wildman–Crippen LogP) is 3.51. The summed E-state index contributed by atoms with van der Waals surface area (Å²) in [5.74, 6) is 6.54. The molecule has 0 unspecified atom stereocenters. The number of unbranched alkanes of at least 4 members (excludes halogenated alkanes) is 2. The van der Waals surface area contributed by atoms with Gasteiger partial charge in [-0.2, -0.15) is 0 Å². The van der Waals surface area contributed by atoms with E-state index in [4.69, 9.17) is 0 Å². The minimum atomic E-state index is 0.00333. The molecule has 0 atom stereocenters. The van der Waals surface area contributed by atoms with Crippen LogP contribution in [0.2, 0.25) is 0 Å². The average molecular weight is 282 g/mol. The molecule has 0 radical (unpaired) electrons. The Morgan fingerprint density at radius 2 is 2.00 bits per heavy atom. The Balaban J connectivity index is 2.60. The highest BCUT2D eigenvalue weighted by atomic mass is 16.1. The molecule has 0 amide bonds. The van der Waals surface area contributed by atoms with Crippen molar-refractivity contribution in [1.29, 1.82) is 0 Å². The number of fused-ring (bicyclic) bond motifs is 1.